The van der Waals surface area contributed by atoms with Gasteiger partial charge in [0.15, 0.2) is 0 Å². The summed E-state index contributed by atoms with van der Waals surface area (Å²) in [5.74, 6) is 0. The highest BCUT2D eigenvalue weighted by molar-refractivity contribution is 6.28. The van der Waals surface area contributed by atoms with E-state index in [-0.39, 0.29) is 11.4 Å². The van der Waals surface area contributed by atoms with Crippen molar-refractivity contribution in [2.24, 2.45) is 0 Å². The summed E-state index contributed by atoms with van der Waals surface area (Å²) in [6.45, 7) is 1.70. The van der Waals surface area contributed by atoms with Crippen molar-refractivity contribution in [3.05, 3.63) is 23.2 Å². The summed E-state index contributed by atoms with van der Waals surface area (Å²) in [7, 11) is 0. The second-order valence-corrected chi connectivity index (χ2v) is 2.71. The first kappa shape index (κ1) is 8.43. The molecule has 1 aromatic heterocycles. The van der Waals surface area contributed by atoms with Crippen LogP contribution in [-0.4, -0.2) is 21.2 Å². The molecule has 1 rings (SSSR count). The van der Waals surface area contributed by atoms with E-state index in [0.29, 0.717) is 6.42 Å². The van der Waals surface area contributed by atoms with Crippen LogP contribution in [0.2, 0.25) is 5.28 Å². The van der Waals surface area contributed by atoms with Crippen LogP contribution in [0, 0.1) is 0 Å². The van der Waals surface area contributed by atoms with Crippen molar-refractivity contribution in [3.63, 3.8) is 0 Å². The van der Waals surface area contributed by atoms with Gasteiger partial charge in [-0.25, -0.2) is 9.97 Å². The van der Waals surface area contributed by atoms with Gasteiger partial charge in [-0.05, 0) is 24.6 Å². The maximum atomic E-state index is 8.99. The number of hydrogen-bond acceptors (Lipinski definition) is 3. The maximum Gasteiger partial charge on any atom is 0.222 e. The lowest BCUT2D eigenvalue weighted by atomic mass is 10.2. The normalized spacial score (nSPS) is 13.0. The van der Waals surface area contributed by atoms with Gasteiger partial charge >= 0.3 is 0 Å². The zero-order valence-electron chi connectivity index (χ0n) is 6.16. The molecule has 0 aliphatic heterocycles. The topological polar surface area (TPSA) is 46.0 Å². The summed E-state index contributed by atoms with van der Waals surface area (Å²) in [6.07, 6.45) is 1.70. The largest absolute Gasteiger partial charge is 0.393 e. The van der Waals surface area contributed by atoms with Gasteiger partial charge < -0.3 is 5.11 Å². The van der Waals surface area contributed by atoms with Gasteiger partial charge in [0.25, 0.3) is 0 Å². The SMILES string of the molecule is C[C@@H](O)Cc1ccnc(Cl)n1. The van der Waals surface area contributed by atoms with Gasteiger partial charge in [-0.2, -0.15) is 0 Å². The van der Waals surface area contributed by atoms with Gasteiger partial charge in [0.05, 0.1) is 6.10 Å². The van der Waals surface area contributed by atoms with Crippen molar-refractivity contribution in [1.29, 1.82) is 0 Å². The van der Waals surface area contributed by atoms with Crippen LogP contribution in [0.5, 0.6) is 0 Å². The molecule has 0 fully saturated rings. The van der Waals surface area contributed by atoms with Gasteiger partial charge in [-0.3, -0.25) is 0 Å². The summed E-state index contributed by atoms with van der Waals surface area (Å²) in [5.41, 5.74) is 0.764. The third-order valence-electron chi connectivity index (χ3n) is 1.19. The Balaban J connectivity index is 2.71. The number of rotatable bonds is 2. The molecule has 0 aliphatic carbocycles. The zero-order valence-corrected chi connectivity index (χ0v) is 6.91. The fourth-order valence-electron chi connectivity index (χ4n) is 0.786. The van der Waals surface area contributed by atoms with Crippen LogP contribution in [0.4, 0.5) is 0 Å². The number of aliphatic hydroxyl groups excluding tert-OH is 1. The number of aromatic nitrogens is 2. The van der Waals surface area contributed by atoms with Crippen LogP contribution in [-0.2, 0) is 6.42 Å². The van der Waals surface area contributed by atoms with E-state index in [4.69, 9.17) is 16.7 Å². The van der Waals surface area contributed by atoms with Crippen LogP contribution in [0.25, 0.3) is 0 Å². The van der Waals surface area contributed by atoms with Crippen molar-refractivity contribution < 1.29 is 5.11 Å². The van der Waals surface area contributed by atoms with Crippen molar-refractivity contribution in [1.82, 2.24) is 9.97 Å². The summed E-state index contributed by atoms with van der Waals surface area (Å²) in [5, 5.41) is 9.22. The fraction of sp³-hybridized carbons (Fsp3) is 0.429. The smallest absolute Gasteiger partial charge is 0.222 e. The molecule has 0 saturated carbocycles. The van der Waals surface area contributed by atoms with Gasteiger partial charge in [-0.1, -0.05) is 0 Å². The van der Waals surface area contributed by atoms with Crippen molar-refractivity contribution >= 4 is 11.6 Å². The van der Waals surface area contributed by atoms with E-state index >= 15 is 0 Å². The van der Waals surface area contributed by atoms with Gasteiger partial charge in [0.1, 0.15) is 0 Å². The highest BCUT2D eigenvalue weighted by Gasteiger charge is 2.00. The van der Waals surface area contributed by atoms with E-state index in [1.807, 2.05) is 0 Å². The number of halogens is 1. The number of aliphatic hydroxyl groups is 1. The van der Waals surface area contributed by atoms with Crippen molar-refractivity contribution in [2.75, 3.05) is 0 Å². The Labute approximate surface area is 70.1 Å². The number of hydrogen-bond donors (Lipinski definition) is 1. The van der Waals surface area contributed by atoms with Gasteiger partial charge in [0, 0.05) is 18.3 Å². The predicted molar refractivity (Wildman–Crippen MR) is 42.4 cm³/mol. The predicted octanol–water partition coefficient (Wildman–Crippen LogP) is 1.05. The Morgan fingerprint density at radius 1 is 1.73 bits per heavy atom. The molecule has 4 heteroatoms. The standard InChI is InChI=1S/C7H9ClN2O/c1-5(11)4-6-2-3-9-7(8)10-6/h2-3,5,11H,4H2,1H3/t5-/m1/s1. The van der Waals surface area contributed by atoms with Gasteiger partial charge in [-0.15, -0.1) is 0 Å². The summed E-state index contributed by atoms with van der Waals surface area (Å²) in [4.78, 5) is 7.63. The Kier molecular flexibility index (Phi) is 2.79. The highest BCUT2D eigenvalue weighted by Crippen LogP contribution is 2.03. The first-order valence-corrected chi connectivity index (χ1v) is 3.72. The van der Waals surface area contributed by atoms with E-state index in [2.05, 4.69) is 9.97 Å². The third-order valence-corrected chi connectivity index (χ3v) is 1.37. The zero-order chi connectivity index (χ0) is 8.27. The van der Waals surface area contributed by atoms with Crippen molar-refractivity contribution in [2.45, 2.75) is 19.4 Å². The summed E-state index contributed by atoms with van der Waals surface area (Å²) < 4.78 is 0. The molecule has 0 saturated heterocycles. The monoisotopic (exact) mass is 172 g/mol. The number of nitrogens with zero attached hydrogens (tertiary/aromatic N) is 2. The first-order valence-electron chi connectivity index (χ1n) is 3.34. The second kappa shape index (κ2) is 3.64. The maximum absolute atomic E-state index is 8.99. The third kappa shape index (κ3) is 2.82. The quantitative estimate of drug-likeness (QED) is 0.679. The molecule has 1 N–H and O–H groups in total. The molecule has 0 unspecified atom stereocenters. The first-order chi connectivity index (χ1) is 5.18. The van der Waals surface area contributed by atoms with Crippen LogP contribution in [0.3, 0.4) is 0 Å². The van der Waals surface area contributed by atoms with E-state index in [0.717, 1.165) is 5.69 Å². The molecule has 0 aliphatic rings. The minimum absolute atomic E-state index is 0.225. The lowest BCUT2D eigenvalue weighted by molar-refractivity contribution is 0.194. The average Bonchev–Trinajstić information content (AvgIpc) is 1.85. The summed E-state index contributed by atoms with van der Waals surface area (Å²) >= 11 is 5.52. The average molecular weight is 173 g/mol. The molecule has 1 heterocycles. The minimum atomic E-state index is -0.388. The second-order valence-electron chi connectivity index (χ2n) is 2.37. The van der Waals surface area contributed by atoms with Crippen LogP contribution < -0.4 is 0 Å². The van der Waals surface area contributed by atoms with Gasteiger partial charge in [0.2, 0.25) is 5.28 Å². The van der Waals surface area contributed by atoms with E-state index in [1.165, 1.54) is 0 Å². The Hall–Kier alpha value is -0.670. The highest BCUT2D eigenvalue weighted by atomic mass is 35.5. The lowest BCUT2D eigenvalue weighted by Crippen LogP contribution is -2.05. The molecule has 0 radical (unpaired) electrons. The van der Waals surface area contributed by atoms with Crippen molar-refractivity contribution in [3.8, 4) is 0 Å². The molecule has 0 amide bonds. The lowest BCUT2D eigenvalue weighted by Gasteiger charge is -2.01. The molecular formula is C7H9ClN2O. The van der Waals surface area contributed by atoms with E-state index < -0.39 is 0 Å². The molecule has 3 nitrogen and oxygen atoms in total. The Bertz CT molecular complexity index is 240. The molecular weight excluding hydrogens is 164 g/mol. The minimum Gasteiger partial charge on any atom is -0.393 e. The molecule has 60 valence electrons. The molecule has 1 atom stereocenters. The summed E-state index contributed by atoms with van der Waals surface area (Å²) in [6, 6.07) is 1.73. The van der Waals surface area contributed by atoms with Crippen LogP contribution >= 0.6 is 11.6 Å². The molecule has 0 bridgehead atoms. The van der Waals surface area contributed by atoms with Crippen LogP contribution in [0.15, 0.2) is 12.3 Å². The van der Waals surface area contributed by atoms with E-state index in [9.17, 15) is 0 Å². The molecule has 1 aromatic rings. The molecule has 0 aromatic carbocycles. The Morgan fingerprint density at radius 2 is 2.45 bits per heavy atom. The molecule has 11 heavy (non-hydrogen) atoms. The Morgan fingerprint density at radius 3 is 3.00 bits per heavy atom. The molecule has 0 spiro atoms. The van der Waals surface area contributed by atoms with E-state index in [1.54, 1.807) is 19.2 Å². The van der Waals surface area contributed by atoms with Crippen LogP contribution in [0.1, 0.15) is 12.6 Å². The fourth-order valence-corrected chi connectivity index (χ4v) is 0.951.